The molecule has 2 heterocycles. The third kappa shape index (κ3) is 3.39. The zero-order valence-electron chi connectivity index (χ0n) is 16.4. The van der Waals surface area contributed by atoms with Crippen LogP contribution in [0.5, 0.6) is 5.75 Å². The standard InChI is InChI=1S/C20H27N5O3/c1-13-22-23-19-20(27)24(16-8-3-4-9-17(16)25(13)19)12-18(26)21-11-14-6-5-7-15(10-14)28-2/h5-7,10,16-17,19,23H,3-4,8-9,11-12H2,1-2H3,(H,21,26). The third-order valence-electron chi connectivity index (χ3n) is 5.91. The van der Waals surface area contributed by atoms with Crippen LogP contribution in [-0.2, 0) is 16.1 Å². The van der Waals surface area contributed by atoms with E-state index in [1.807, 2.05) is 31.2 Å². The first kappa shape index (κ1) is 18.6. The summed E-state index contributed by atoms with van der Waals surface area (Å²) < 4.78 is 5.22. The molecule has 0 bridgehead atoms. The predicted molar refractivity (Wildman–Crippen MR) is 104 cm³/mol. The van der Waals surface area contributed by atoms with Gasteiger partial charge in [0.2, 0.25) is 5.91 Å². The van der Waals surface area contributed by atoms with Crippen molar-refractivity contribution in [2.24, 2.45) is 5.10 Å². The molecular weight excluding hydrogens is 358 g/mol. The number of methoxy groups -OCH3 is 1. The van der Waals surface area contributed by atoms with E-state index in [2.05, 4.69) is 20.7 Å². The van der Waals surface area contributed by atoms with Gasteiger partial charge in [0.05, 0.1) is 19.2 Å². The molecule has 0 spiro atoms. The van der Waals surface area contributed by atoms with E-state index >= 15 is 0 Å². The summed E-state index contributed by atoms with van der Waals surface area (Å²) >= 11 is 0. The van der Waals surface area contributed by atoms with Gasteiger partial charge in [-0.15, -0.1) is 0 Å². The van der Waals surface area contributed by atoms with E-state index in [4.69, 9.17) is 4.74 Å². The smallest absolute Gasteiger partial charge is 0.268 e. The summed E-state index contributed by atoms with van der Waals surface area (Å²) in [6.45, 7) is 2.42. The van der Waals surface area contributed by atoms with Gasteiger partial charge in [-0.3, -0.25) is 15.0 Å². The number of fused-ring (bicyclic) bond motifs is 3. The van der Waals surface area contributed by atoms with Crippen molar-refractivity contribution >= 4 is 17.6 Å². The number of nitrogens with zero attached hydrogens (tertiary/aromatic N) is 3. The summed E-state index contributed by atoms with van der Waals surface area (Å²) in [5, 5.41) is 7.19. The molecule has 3 aliphatic rings. The summed E-state index contributed by atoms with van der Waals surface area (Å²) in [5.41, 5.74) is 3.90. The van der Waals surface area contributed by atoms with Gasteiger partial charge in [0.1, 0.15) is 18.1 Å². The number of rotatable bonds is 5. The third-order valence-corrected chi connectivity index (χ3v) is 5.91. The fourth-order valence-corrected chi connectivity index (χ4v) is 4.56. The number of hydrogen-bond donors (Lipinski definition) is 2. The molecule has 0 radical (unpaired) electrons. The van der Waals surface area contributed by atoms with Gasteiger partial charge in [0, 0.05) is 6.54 Å². The number of benzene rings is 1. The highest BCUT2D eigenvalue weighted by Gasteiger charge is 2.50. The molecule has 0 aromatic heterocycles. The Bertz CT molecular complexity index is 796. The average Bonchev–Trinajstić information content (AvgIpc) is 3.11. The number of amidine groups is 1. The average molecular weight is 385 g/mol. The molecular formula is C20H27N5O3. The van der Waals surface area contributed by atoms with Crippen molar-refractivity contribution in [3.8, 4) is 5.75 Å². The highest BCUT2D eigenvalue weighted by atomic mass is 16.5. The SMILES string of the molecule is COc1cccc(CNC(=O)CN2C(=O)C3NN=C(C)N3C3CCCCC32)c1. The lowest BCUT2D eigenvalue weighted by atomic mass is 9.85. The van der Waals surface area contributed by atoms with Crippen molar-refractivity contribution < 1.29 is 14.3 Å². The van der Waals surface area contributed by atoms with Crippen molar-refractivity contribution in [2.75, 3.05) is 13.7 Å². The Labute approximate surface area is 164 Å². The van der Waals surface area contributed by atoms with E-state index in [9.17, 15) is 9.59 Å². The summed E-state index contributed by atoms with van der Waals surface area (Å²) in [6, 6.07) is 7.87. The lowest BCUT2D eigenvalue weighted by Gasteiger charge is -2.50. The zero-order chi connectivity index (χ0) is 19.7. The van der Waals surface area contributed by atoms with Crippen molar-refractivity contribution in [1.29, 1.82) is 0 Å². The fourth-order valence-electron chi connectivity index (χ4n) is 4.56. The number of hydrazone groups is 1. The Morgan fingerprint density at radius 1 is 1.32 bits per heavy atom. The molecule has 1 aromatic carbocycles. The van der Waals surface area contributed by atoms with Gasteiger partial charge in [0.15, 0.2) is 6.17 Å². The molecule has 3 atom stereocenters. The maximum absolute atomic E-state index is 13.1. The predicted octanol–water partition coefficient (Wildman–Crippen LogP) is 1.03. The molecule has 150 valence electrons. The highest BCUT2D eigenvalue weighted by molar-refractivity contribution is 5.94. The van der Waals surface area contributed by atoms with Gasteiger partial charge in [-0.2, -0.15) is 5.10 Å². The first-order chi connectivity index (χ1) is 13.6. The summed E-state index contributed by atoms with van der Waals surface area (Å²) in [4.78, 5) is 29.5. The van der Waals surface area contributed by atoms with Crippen LogP contribution in [0.3, 0.4) is 0 Å². The van der Waals surface area contributed by atoms with Crippen LogP contribution in [0.2, 0.25) is 0 Å². The zero-order valence-corrected chi connectivity index (χ0v) is 16.4. The van der Waals surface area contributed by atoms with E-state index in [0.29, 0.717) is 6.54 Å². The number of carbonyl (C=O) groups is 2. The number of piperazine rings is 1. The largest absolute Gasteiger partial charge is 0.497 e. The minimum Gasteiger partial charge on any atom is -0.497 e. The van der Waals surface area contributed by atoms with E-state index < -0.39 is 6.17 Å². The summed E-state index contributed by atoms with van der Waals surface area (Å²) in [7, 11) is 1.62. The van der Waals surface area contributed by atoms with E-state index in [1.165, 1.54) is 0 Å². The number of carbonyl (C=O) groups excluding carboxylic acids is 2. The van der Waals surface area contributed by atoms with Crippen molar-refractivity contribution in [3.05, 3.63) is 29.8 Å². The van der Waals surface area contributed by atoms with Crippen LogP contribution in [0.1, 0.15) is 38.2 Å². The maximum atomic E-state index is 13.1. The number of nitrogens with one attached hydrogen (secondary N) is 2. The van der Waals surface area contributed by atoms with E-state index in [1.54, 1.807) is 12.0 Å². The van der Waals surface area contributed by atoms with Crippen LogP contribution >= 0.6 is 0 Å². The van der Waals surface area contributed by atoms with Crippen LogP contribution in [0.15, 0.2) is 29.4 Å². The maximum Gasteiger partial charge on any atom is 0.268 e. The monoisotopic (exact) mass is 385 g/mol. The number of ether oxygens (including phenoxy) is 1. The Hall–Kier alpha value is -2.77. The second-order valence-electron chi connectivity index (χ2n) is 7.61. The molecule has 3 unspecified atom stereocenters. The molecule has 8 heteroatoms. The Balaban J connectivity index is 1.42. The molecule has 2 aliphatic heterocycles. The van der Waals surface area contributed by atoms with Gasteiger partial charge < -0.3 is 19.9 Å². The second kappa shape index (κ2) is 7.69. The van der Waals surface area contributed by atoms with Gasteiger partial charge >= 0.3 is 0 Å². The number of amides is 2. The first-order valence-electron chi connectivity index (χ1n) is 9.87. The molecule has 2 amide bonds. The van der Waals surface area contributed by atoms with Gasteiger partial charge in [0.25, 0.3) is 5.91 Å². The second-order valence-corrected chi connectivity index (χ2v) is 7.61. The van der Waals surface area contributed by atoms with Crippen LogP contribution < -0.4 is 15.5 Å². The Morgan fingerprint density at radius 2 is 2.11 bits per heavy atom. The molecule has 8 nitrogen and oxygen atoms in total. The lowest BCUT2D eigenvalue weighted by Crippen LogP contribution is -2.69. The van der Waals surface area contributed by atoms with Crippen molar-refractivity contribution in [3.63, 3.8) is 0 Å². The van der Waals surface area contributed by atoms with E-state index in [-0.39, 0.29) is 30.4 Å². The molecule has 1 saturated carbocycles. The van der Waals surface area contributed by atoms with Gasteiger partial charge in [-0.25, -0.2) is 0 Å². The normalized spacial score (nSPS) is 26.1. The Kier molecular flexibility index (Phi) is 5.11. The summed E-state index contributed by atoms with van der Waals surface area (Å²) in [6.07, 6.45) is 3.69. The molecule has 1 aliphatic carbocycles. The minimum atomic E-state index is -0.481. The summed E-state index contributed by atoms with van der Waals surface area (Å²) in [5.74, 6) is 1.40. The minimum absolute atomic E-state index is 0.0603. The topological polar surface area (TPSA) is 86.3 Å². The quantitative estimate of drug-likeness (QED) is 0.791. The van der Waals surface area contributed by atoms with E-state index in [0.717, 1.165) is 42.8 Å². The van der Waals surface area contributed by atoms with Gasteiger partial charge in [-0.1, -0.05) is 25.0 Å². The highest BCUT2D eigenvalue weighted by Crippen LogP contribution is 2.34. The Morgan fingerprint density at radius 3 is 2.89 bits per heavy atom. The molecule has 1 aromatic rings. The molecule has 2 fully saturated rings. The van der Waals surface area contributed by atoms with Crippen LogP contribution in [0.25, 0.3) is 0 Å². The van der Waals surface area contributed by atoms with Gasteiger partial charge in [-0.05, 0) is 37.5 Å². The van der Waals surface area contributed by atoms with Crippen LogP contribution in [-0.4, -0.2) is 59.4 Å². The first-order valence-corrected chi connectivity index (χ1v) is 9.87. The lowest BCUT2D eigenvalue weighted by molar-refractivity contribution is -0.152. The fraction of sp³-hybridized carbons (Fsp3) is 0.550. The number of hydrogen-bond acceptors (Lipinski definition) is 6. The molecule has 4 rings (SSSR count). The molecule has 1 saturated heterocycles. The molecule has 2 N–H and O–H groups in total. The van der Waals surface area contributed by atoms with Crippen LogP contribution in [0, 0.1) is 0 Å². The molecule has 28 heavy (non-hydrogen) atoms. The van der Waals surface area contributed by atoms with Crippen molar-refractivity contribution in [1.82, 2.24) is 20.5 Å². The van der Waals surface area contributed by atoms with Crippen LogP contribution in [0.4, 0.5) is 0 Å². The van der Waals surface area contributed by atoms with Crippen molar-refractivity contribution in [2.45, 2.75) is 57.4 Å².